The van der Waals surface area contributed by atoms with Crippen LogP contribution in [0.1, 0.15) is 24.6 Å². The SMILES string of the molecule is [CH2-]/C=C(/N1CCOCC1)n1[c-]cc(C2CCCO2)n1.[K+]. The minimum Gasteiger partial charge on any atom is -0.405 e. The maximum Gasteiger partial charge on any atom is 1.00 e. The molecule has 2 aliphatic heterocycles. The fourth-order valence-corrected chi connectivity index (χ4v) is 2.53. The smallest absolute Gasteiger partial charge is 0.405 e. The molecule has 0 spiro atoms. The molecule has 0 bridgehead atoms. The van der Waals surface area contributed by atoms with Crippen LogP contribution in [0.15, 0.2) is 12.1 Å². The fourth-order valence-electron chi connectivity index (χ4n) is 2.53. The zero-order chi connectivity index (χ0) is 13.1. The van der Waals surface area contributed by atoms with Crippen molar-refractivity contribution in [3.05, 3.63) is 31.0 Å². The van der Waals surface area contributed by atoms with E-state index in [-0.39, 0.29) is 57.5 Å². The van der Waals surface area contributed by atoms with Crippen LogP contribution in [0.4, 0.5) is 0 Å². The Morgan fingerprint density at radius 1 is 1.40 bits per heavy atom. The molecule has 104 valence electrons. The second-order valence-corrected chi connectivity index (χ2v) is 4.77. The molecule has 1 unspecified atom stereocenters. The van der Waals surface area contributed by atoms with Gasteiger partial charge in [-0.05, 0) is 18.5 Å². The van der Waals surface area contributed by atoms with E-state index >= 15 is 0 Å². The van der Waals surface area contributed by atoms with E-state index in [0.717, 1.165) is 57.3 Å². The molecule has 2 fully saturated rings. The van der Waals surface area contributed by atoms with Crippen LogP contribution < -0.4 is 51.4 Å². The average molecular weight is 300 g/mol. The Kier molecular flexibility index (Phi) is 6.60. The van der Waals surface area contributed by atoms with Gasteiger partial charge in [-0.1, -0.05) is 6.20 Å². The van der Waals surface area contributed by atoms with Gasteiger partial charge in [0.05, 0.1) is 19.3 Å². The van der Waals surface area contributed by atoms with Crippen molar-refractivity contribution in [1.29, 1.82) is 0 Å². The third-order valence-corrected chi connectivity index (χ3v) is 3.54. The van der Waals surface area contributed by atoms with Crippen molar-refractivity contribution in [3.8, 4) is 0 Å². The summed E-state index contributed by atoms with van der Waals surface area (Å²) in [6.07, 6.45) is 7.28. The number of rotatable bonds is 3. The van der Waals surface area contributed by atoms with E-state index in [1.54, 1.807) is 4.68 Å². The van der Waals surface area contributed by atoms with E-state index < -0.39 is 0 Å². The number of hydrogen-bond acceptors (Lipinski definition) is 4. The van der Waals surface area contributed by atoms with E-state index in [9.17, 15) is 0 Å². The van der Waals surface area contributed by atoms with Crippen molar-refractivity contribution in [3.63, 3.8) is 0 Å². The molecule has 0 amide bonds. The summed E-state index contributed by atoms with van der Waals surface area (Å²) in [6, 6.07) is 1.92. The Hall–Kier alpha value is 0.176. The van der Waals surface area contributed by atoms with Gasteiger partial charge in [0.1, 0.15) is 0 Å². The van der Waals surface area contributed by atoms with Crippen LogP contribution in [0.2, 0.25) is 0 Å². The Morgan fingerprint density at radius 2 is 2.20 bits per heavy atom. The number of ether oxygens (including phenoxy) is 2. The maximum atomic E-state index is 5.65. The summed E-state index contributed by atoms with van der Waals surface area (Å²) < 4.78 is 12.8. The Morgan fingerprint density at radius 3 is 2.85 bits per heavy atom. The van der Waals surface area contributed by atoms with Crippen molar-refractivity contribution in [1.82, 2.24) is 14.7 Å². The van der Waals surface area contributed by atoms with E-state index in [0.29, 0.717) is 0 Å². The molecular weight excluding hydrogens is 281 g/mol. The summed E-state index contributed by atoms with van der Waals surface area (Å²) >= 11 is 0. The van der Waals surface area contributed by atoms with Gasteiger partial charge in [0.25, 0.3) is 0 Å². The monoisotopic (exact) mass is 300 g/mol. The minimum absolute atomic E-state index is 0. The van der Waals surface area contributed by atoms with Crippen molar-refractivity contribution >= 4 is 5.82 Å². The van der Waals surface area contributed by atoms with Crippen LogP contribution in [0.3, 0.4) is 0 Å². The van der Waals surface area contributed by atoms with Crippen LogP contribution in [0.25, 0.3) is 5.82 Å². The Balaban J connectivity index is 0.00000147. The van der Waals surface area contributed by atoms with Crippen LogP contribution >= 0.6 is 0 Å². The summed E-state index contributed by atoms with van der Waals surface area (Å²) in [5.74, 6) is 0.965. The molecule has 2 aliphatic rings. The van der Waals surface area contributed by atoms with Crippen molar-refractivity contribution in [2.24, 2.45) is 0 Å². The number of allylic oxidation sites excluding steroid dienone is 1. The van der Waals surface area contributed by atoms with Crippen LogP contribution in [-0.2, 0) is 9.47 Å². The summed E-state index contributed by atoms with van der Waals surface area (Å²) in [7, 11) is 0. The molecule has 1 atom stereocenters. The quantitative estimate of drug-likeness (QED) is 0.503. The minimum atomic E-state index is 0. The molecule has 0 saturated carbocycles. The Bertz CT molecular complexity index is 449. The molecule has 2 saturated heterocycles. The predicted octanol–water partition coefficient (Wildman–Crippen LogP) is -1.50. The first-order valence-corrected chi connectivity index (χ1v) is 6.80. The maximum absolute atomic E-state index is 5.65. The third-order valence-electron chi connectivity index (χ3n) is 3.54. The van der Waals surface area contributed by atoms with Gasteiger partial charge < -0.3 is 19.1 Å². The largest absolute Gasteiger partial charge is 1.00 e. The average Bonchev–Trinajstić information content (AvgIpc) is 3.11. The summed E-state index contributed by atoms with van der Waals surface area (Å²) in [4.78, 5) is 2.22. The molecular formula is C14H19KN3O2-. The number of nitrogens with zero attached hydrogens (tertiary/aromatic N) is 3. The van der Waals surface area contributed by atoms with Crippen molar-refractivity contribution in [2.45, 2.75) is 18.9 Å². The van der Waals surface area contributed by atoms with E-state index in [1.807, 2.05) is 12.1 Å². The van der Waals surface area contributed by atoms with Crippen LogP contribution in [0.5, 0.6) is 0 Å². The zero-order valence-electron chi connectivity index (χ0n) is 12.0. The molecule has 6 heteroatoms. The van der Waals surface area contributed by atoms with Gasteiger partial charge in [-0.25, -0.2) is 6.92 Å². The van der Waals surface area contributed by atoms with Crippen LogP contribution in [0, 0.1) is 13.1 Å². The third kappa shape index (κ3) is 3.68. The number of morpholine rings is 1. The molecule has 0 aromatic carbocycles. The predicted molar refractivity (Wildman–Crippen MR) is 71.0 cm³/mol. The van der Waals surface area contributed by atoms with Gasteiger partial charge in [-0.2, -0.15) is 6.08 Å². The van der Waals surface area contributed by atoms with Gasteiger partial charge in [0, 0.05) is 25.5 Å². The first-order chi connectivity index (χ1) is 9.38. The van der Waals surface area contributed by atoms with E-state index in [4.69, 9.17) is 9.47 Å². The Labute approximate surface area is 162 Å². The van der Waals surface area contributed by atoms with Gasteiger partial charge >= 0.3 is 51.4 Å². The molecule has 3 rings (SSSR count). The molecule has 20 heavy (non-hydrogen) atoms. The van der Waals surface area contributed by atoms with Crippen molar-refractivity contribution in [2.75, 3.05) is 32.9 Å². The topological polar surface area (TPSA) is 39.5 Å². The second-order valence-electron chi connectivity index (χ2n) is 4.77. The summed E-state index contributed by atoms with van der Waals surface area (Å²) in [6.45, 7) is 7.95. The van der Waals surface area contributed by atoms with Crippen LogP contribution in [-0.4, -0.2) is 47.6 Å². The number of aromatic nitrogens is 2. The van der Waals surface area contributed by atoms with Gasteiger partial charge in [-0.15, -0.1) is 6.07 Å². The fraction of sp³-hybridized carbons (Fsp3) is 0.571. The standard InChI is InChI=1S/C14H19N3O2.K/c1-2-14(16-7-10-18-11-8-16)17-6-5-12(15-17)13-4-3-9-19-13;/h2,5,13H,1,3-4,7-11H2;/q-2;+1/b14-2-;. The molecule has 1 aromatic rings. The molecule has 1 aromatic heterocycles. The molecule has 5 nitrogen and oxygen atoms in total. The normalized spacial score (nSPS) is 23.7. The van der Waals surface area contributed by atoms with Gasteiger partial charge in [-0.3, -0.25) is 5.10 Å². The van der Waals surface area contributed by atoms with E-state index in [1.165, 1.54) is 0 Å². The molecule has 0 N–H and O–H groups in total. The first kappa shape index (κ1) is 16.5. The summed E-state index contributed by atoms with van der Waals surface area (Å²) in [5, 5.41) is 4.58. The van der Waals surface area contributed by atoms with Crippen molar-refractivity contribution < 1.29 is 60.9 Å². The van der Waals surface area contributed by atoms with Gasteiger partial charge in [0.15, 0.2) is 0 Å². The van der Waals surface area contributed by atoms with Gasteiger partial charge in [0.2, 0.25) is 0 Å². The van der Waals surface area contributed by atoms with E-state index in [2.05, 4.69) is 23.1 Å². The molecule has 0 aliphatic carbocycles. The number of hydrogen-bond donors (Lipinski definition) is 0. The zero-order valence-corrected chi connectivity index (χ0v) is 15.2. The summed E-state index contributed by atoms with van der Waals surface area (Å²) in [5.41, 5.74) is 0.963. The molecule has 0 radical (unpaired) electrons. The second kappa shape index (κ2) is 7.98. The first-order valence-electron chi connectivity index (χ1n) is 6.80. The molecule has 3 heterocycles.